The zero-order valence-electron chi connectivity index (χ0n) is 23.3. The fourth-order valence-corrected chi connectivity index (χ4v) is 7.82. The zero-order chi connectivity index (χ0) is 30.2. The molecular formula is C32H27IN4O6. The van der Waals surface area contributed by atoms with E-state index in [0.29, 0.717) is 20.5 Å². The van der Waals surface area contributed by atoms with Crippen molar-refractivity contribution in [3.8, 4) is 17.2 Å². The van der Waals surface area contributed by atoms with Crippen LogP contribution in [0.4, 0.5) is 5.69 Å². The normalized spacial score (nSPS) is 24.3. The minimum Gasteiger partial charge on any atom is -0.504 e. The number of hydrogen-bond acceptors (Lipinski definition) is 6. The third-order valence-corrected chi connectivity index (χ3v) is 9.99. The van der Waals surface area contributed by atoms with Gasteiger partial charge in [0, 0.05) is 5.92 Å². The van der Waals surface area contributed by atoms with Crippen LogP contribution in [0.5, 0.6) is 11.5 Å². The Morgan fingerprint density at radius 2 is 1.58 bits per heavy atom. The number of aromatic nitrogens is 3. The number of carbonyl (C=O) groups is 2. The Hall–Kier alpha value is -4.39. The lowest BCUT2D eigenvalue weighted by Gasteiger charge is -2.47. The summed E-state index contributed by atoms with van der Waals surface area (Å²) in [6.45, 7) is 1.93. The van der Waals surface area contributed by atoms with E-state index >= 15 is 0 Å². The predicted molar refractivity (Wildman–Crippen MR) is 167 cm³/mol. The summed E-state index contributed by atoms with van der Waals surface area (Å²) in [5.74, 6) is -1.92. The first-order valence-corrected chi connectivity index (χ1v) is 15.0. The van der Waals surface area contributed by atoms with Gasteiger partial charge in [-0.2, -0.15) is 0 Å². The van der Waals surface area contributed by atoms with E-state index in [9.17, 15) is 24.3 Å². The number of halogens is 1. The van der Waals surface area contributed by atoms with E-state index in [4.69, 9.17) is 4.74 Å². The number of allylic oxidation sites excluding steroid dienone is 2. The molecule has 1 aliphatic carbocycles. The van der Waals surface area contributed by atoms with Gasteiger partial charge in [0.1, 0.15) is 0 Å². The molecule has 0 bridgehead atoms. The van der Waals surface area contributed by atoms with Crippen LogP contribution in [0, 0.1) is 14.9 Å². The molecule has 4 atom stereocenters. The topological polar surface area (TPSA) is 116 Å². The number of methoxy groups -OCH3 is 1. The molecule has 11 heteroatoms. The van der Waals surface area contributed by atoms with E-state index in [1.807, 2.05) is 47.7 Å². The molecule has 10 nitrogen and oxygen atoms in total. The number of nitrogens with zero attached hydrogens (tertiary/aromatic N) is 4. The Balaban J connectivity index is 1.46. The molecule has 2 amide bonds. The van der Waals surface area contributed by atoms with Crippen molar-refractivity contribution in [3.63, 3.8) is 0 Å². The Morgan fingerprint density at radius 3 is 2.23 bits per heavy atom. The minimum absolute atomic E-state index is 0.0248. The molecule has 0 spiro atoms. The first-order valence-electron chi connectivity index (χ1n) is 13.9. The Kier molecular flexibility index (Phi) is 6.27. The SMILES string of the molecule is COc1cc([C@H]2C3=CCn4c(=O)n(-c5ccccc5)c(=O)n4[C@@H]3C[C@H]3C(=O)N(c4ccccc4)C(=O)[C@@]23C)cc(I)c1O. The minimum atomic E-state index is -1.21. The number of aromatic hydroxyl groups is 1. The highest BCUT2D eigenvalue weighted by Gasteiger charge is 2.65. The number of phenols is 1. The second-order valence-electron chi connectivity index (χ2n) is 11.3. The van der Waals surface area contributed by atoms with Gasteiger partial charge in [-0.3, -0.25) is 9.59 Å². The standard InChI is InChI=1S/C32H27IN4O6/c1-32-22(28(39)35(29(32)40)19-9-5-3-6-10-19)17-24-21(26(32)18-15-23(33)27(38)25(16-18)43-2)13-14-34-30(41)36(31(42)37(24)34)20-11-7-4-8-12-20/h3-13,15-16,22,24,26,38H,14,17H2,1-2H3/t22-,24+,26-,32+/m0/s1. The highest BCUT2D eigenvalue weighted by molar-refractivity contribution is 14.1. The number of hydrogen-bond donors (Lipinski definition) is 1. The molecule has 7 rings (SSSR count). The number of para-hydroxylation sites is 2. The van der Waals surface area contributed by atoms with E-state index in [1.54, 1.807) is 60.7 Å². The summed E-state index contributed by atoms with van der Waals surface area (Å²) in [6.07, 6.45) is 2.07. The van der Waals surface area contributed by atoms with Gasteiger partial charge < -0.3 is 9.84 Å². The van der Waals surface area contributed by atoms with Gasteiger partial charge in [0.25, 0.3) is 0 Å². The molecule has 1 saturated carbocycles. The van der Waals surface area contributed by atoms with Crippen LogP contribution in [0.3, 0.4) is 0 Å². The molecule has 1 aromatic heterocycles. The van der Waals surface area contributed by atoms with Crippen LogP contribution in [0.25, 0.3) is 5.69 Å². The van der Waals surface area contributed by atoms with Crippen molar-refractivity contribution in [2.45, 2.75) is 31.8 Å². The summed E-state index contributed by atoms with van der Waals surface area (Å²) >= 11 is 2.01. The lowest BCUT2D eigenvalue weighted by atomic mass is 9.56. The van der Waals surface area contributed by atoms with Crippen molar-refractivity contribution in [1.29, 1.82) is 0 Å². The Bertz CT molecular complexity index is 1960. The van der Waals surface area contributed by atoms with Crippen molar-refractivity contribution in [2.75, 3.05) is 12.0 Å². The summed E-state index contributed by atoms with van der Waals surface area (Å²) in [5.41, 5.74) is 0.169. The second kappa shape index (κ2) is 9.83. The quantitative estimate of drug-likeness (QED) is 0.197. The molecule has 218 valence electrons. The average molecular weight is 690 g/mol. The average Bonchev–Trinajstić information content (AvgIpc) is 3.38. The number of anilines is 1. The van der Waals surface area contributed by atoms with Gasteiger partial charge in [0.05, 0.1) is 46.0 Å². The summed E-state index contributed by atoms with van der Waals surface area (Å²) in [6, 6.07) is 20.4. The van der Waals surface area contributed by atoms with Gasteiger partial charge in [0.2, 0.25) is 11.8 Å². The van der Waals surface area contributed by atoms with E-state index in [-0.39, 0.29) is 36.3 Å². The van der Waals surface area contributed by atoms with E-state index in [2.05, 4.69) is 0 Å². The Morgan fingerprint density at radius 1 is 0.930 bits per heavy atom. The maximum atomic E-state index is 14.5. The number of rotatable bonds is 4. The fraction of sp³-hybridized carbons (Fsp3) is 0.250. The van der Waals surface area contributed by atoms with Gasteiger partial charge in [-0.15, -0.1) is 0 Å². The number of imide groups is 1. The van der Waals surface area contributed by atoms with Crippen molar-refractivity contribution < 1.29 is 19.4 Å². The molecule has 3 aliphatic rings. The van der Waals surface area contributed by atoms with Crippen molar-refractivity contribution in [3.05, 3.63) is 115 Å². The van der Waals surface area contributed by atoms with Gasteiger partial charge >= 0.3 is 11.4 Å². The second-order valence-corrected chi connectivity index (χ2v) is 12.4. The van der Waals surface area contributed by atoms with Crippen LogP contribution in [0.15, 0.2) is 94.0 Å². The number of fused-ring (bicyclic) bond motifs is 4. The van der Waals surface area contributed by atoms with Crippen LogP contribution in [0.1, 0.15) is 30.9 Å². The number of phenolic OH excluding ortho intramolecular Hbond substituents is 1. The van der Waals surface area contributed by atoms with Gasteiger partial charge in [-0.05, 0) is 83.5 Å². The van der Waals surface area contributed by atoms with Crippen LogP contribution >= 0.6 is 22.6 Å². The fourth-order valence-electron chi connectivity index (χ4n) is 7.19. The molecule has 2 fully saturated rings. The maximum absolute atomic E-state index is 14.5. The number of benzene rings is 3. The Labute approximate surface area is 259 Å². The molecule has 4 aromatic rings. The van der Waals surface area contributed by atoms with Crippen LogP contribution in [0.2, 0.25) is 0 Å². The number of carbonyl (C=O) groups excluding carboxylic acids is 2. The molecule has 1 N–H and O–H groups in total. The predicted octanol–water partition coefficient (Wildman–Crippen LogP) is 3.98. The molecular weight excluding hydrogens is 663 g/mol. The maximum Gasteiger partial charge on any atom is 0.352 e. The third kappa shape index (κ3) is 3.76. The first kappa shape index (κ1) is 27.4. The monoisotopic (exact) mass is 690 g/mol. The first-order chi connectivity index (χ1) is 20.7. The highest BCUT2D eigenvalue weighted by atomic mass is 127. The molecule has 0 unspecified atom stereocenters. The summed E-state index contributed by atoms with van der Waals surface area (Å²) in [4.78, 5) is 57.5. The van der Waals surface area contributed by atoms with Crippen molar-refractivity contribution >= 4 is 40.1 Å². The van der Waals surface area contributed by atoms with Crippen LogP contribution in [-0.2, 0) is 16.1 Å². The summed E-state index contributed by atoms with van der Waals surface area (Å²) < 4.78 is 9.99. The van der Waals surface area contributed by atoms with Crippen LogP contribution in [-0.4, -0.2) is 38.0 Å². The molecule has 3 heterocycles. The van der Waals surface area contributed by atoms with Gasteiger partial charge in [-0.1, -0.05) is 42.5 Å². The molecule has 0 radical (unpaired) electrons. The van der Waals surface area contributed by atoms with E-state index < -0.39 is 34.7 Å². The highest BCUT2D eigenvalue weighted by Crippen LogP contribution is 2.61. The molecule has 43 heavy (non-hydrogen) atoms. The smallest absolute Gasteiger partial charge is 0.352 e. The molecule has 2 aliphatic heterocycles. The third-order valence-electron chi connectivity index (χ3n) is 9.17. The van der Waals surface area contributed by atoms with Crippen molar-refractivity contribution in [1.82, 2.24) is 13.9 Å². The van der Waals surface area contributed by atoms with Gasteiger partial charge in [-0.25, -0.2) is 28.4 Å². The van der Waals surface area contributed by atoms with Crippen LogP contribution < -0.4 is 21.0 Å². The van der Waals surface area contributed by atoms with Gasteiger partial charge in [0.15, 0.2) is 11.5 Å². The van der Waals surface area contributed by atoms with Crippen molar-refractivity contribution in [2.24, 2.45) is 11.3 Å². The largest absolute Gasteiger partial charge is 0.504 e. The summed E-state index contributed by atoms with van der Waals surface area (Å²) in [7, 11) is 1.45. The van der Waals surface area contributed by atoms with E-state index in [1.165, 1.54) is 21.4 Å². The lowest BCUT2D eigenvalue weighted by Crippen LogP contribution is -2.49. The molecule has 3 aromatic carbocycles. The zero-order valence-corrected chi connectivity index (χ0v) is 25.5. The molecule has 1 saturated heterocycles. The lowest BCUT2D eigenvalue weighted by molar-refractivity contribution is -0.129. The number of amides is 2. The van der Waals surface area contributed by atoms with E-state index in [0.717, 1.165) is 10.1 Å². The summed E-state index contributed by atoms with van der Waals surface area (Å²) in [5, 5.41) is 10.6. The number of ether oxygens (including phenoxy) is 1.